The van der Waals surface area contributed by atoms with Crippen LogP contribution in [0.1, 0.15) is 6.55 Å². The lowest BCUT2D eigenvalue weighted by Gasteiger charge is -2.02. The van der Waals surface area contributed by atoms with E-state index in [9.17, 15) is 8.78 Å². The Bertz CT molecular complexity index is 724. The fourth-order valence-corrected chi connectivity index (χ4v) is 1.86. The third-order valence-corrected chi connectivity index (χ3v) is 2.88. The summed E-state index contributed by atoms with van der Waals surface area (Å²) in [6, 6.07) is 7.03. The molecule has 4 nitrogen and oxygen atoms in total. The molecule has 96 valence electrons. The highest BCUT2D eigenvalue weighted by Gasteiger charge is 2.14. The van der Waals surface area contributed by atoms with Gasteiger partial charge in [-0.2, -0.15) is 18.6 Å². The number of benzene rings is 1. The first kappa shape index (κ1) is 12.0. The molecule has 3 aromatic rings. The Morgan fingerprint density at radius 1 is 1.11 bits per heavy atom. The standard InChI is InChI=1S/C12H7ClF2N4/c13-8-3-1-7(2-4-8)9-5-16-11-10(18-9)6-17-19(11)12(14)15/h1-6,12H. The van der Waals surface area contributed by atoms with Gasteiger partial charge in [0.05, 0.1) is 18.1 Å². The molecule has 0 bridgehead atoms. The maximum absolute atomic E-state index is 12.6. The van der Waals surface area contributed by atoms with E-state index in [1.807, 2.05) is 0 Å². The topological polar surface area (TPSA) is 43.6 Å². The molecule has 3 rings (SSSR count). The van der Waals surface area contributed by atoms with Crippen LogP contribution in [0.5, 0.6) is 0 Å². The van der Waals surface area contributed by atoms with Crippen molar-refractivity contribution >= 4 is 22.8 Å². The molecule has 0 aliphatic rings. The van der Waals surface area contributed by atoms with Crippen molar-refractivity contribution in [2.24, 2.45) is 0 Å². The molecule has 0 radical (unpaired) electrons. The van der Waals surface area contributed by atoms with Crippen LogP contribution in [0.15, 0.2) is 36.7 Å². The lowest BCUT2D eigenvalue weighted by Crippen LogP contribution is -2.01. The van der Waals surface area contributed by atoms with E-state index < -0.39 is 6.55 Å². The molecule has 19 heavy (non-hydrogen) atoms. The molecule has 2 aromatic heterocycles. The molecular formula is C12H7ClF2N4. The van der Waals surface area contributed by atoms with Crippen LogP contribution in [0.3, 0.4) is 0 Å². The predicted molar refractivity (Wildman–Crippen MR) is 67.0 cm³/mol. The Balaban J connectivity index is 2.09. The Kier molecular flexibility index (Phi) is 2.87. The van der Waals surface area contributed by atoms with E-state index in [4.69, 9.17) is 11.6 Å². The number of fused-ring (bicyclic) bond motifs is 1. The van der Waals surface area contributed by atoms with Crippen molar-refractivity contribution in [3.05, 3.63) is 41.7 Å². The fourth-order valence-electron chi connectivity index (χ4n) is 1.73. The minimum Gasteiger partial charge on any atom is -0.241 e. The van der Waals surface area contributed by atoms with Crippen molar-refractivity contribution in [1.29, 1.82) is 0 Å². The highest BCUT2D eigenvalue weighted by atomic mass is 35.5. The van der Waals surface area contributed by atoms with Crippen molar-refractivity contribution < 1.29 is 8.78 Å². The van der Waals surface area contributed by atoms with Crippen LogP contribution in [0.25, 0.3) is 22.4 Å². The Morgan fingerprint density at radius 2 is 1.84 bits per heavy atom. The Morgan fingerprint density at radius 3 is 2.53 bits per heavy atom. The van der Waals surface area contributed by atoms with Crippen LogP contribution in [-0.4, -0.2) is 19.7 Å². The van der Waals surface area contributed by atoms with Gasteiger partial charge in [0.25, 0.3) is 0 Å². The SMILES string of the molecule is FC(F)n1ncc2nc(-c3ccc(Cl)cc3)cnc21. The average molecular weight is 281 g/mol. The number of nitrogens with zero attached hydrogens (tertiary/aromatic N) is 4. The average Bonchev–Trinajstić information content (AvgIpc) is 2.82. The summed E-state index contributed by atoms with van der Waals surface area (Å²) in [5.41, 5.74) is 1.78. The Hall–Kier alpha value is -2.08. The number of hydrogen-bond acceptors (Lipinski definition) is 3. The number of aromatic nitrogens is 4. The van der Waals surface area contributed by atoms with Gasteiger partial charge in [-0.3, -0.25) is 0 Å². The van der Waals surface area contributed by atoms with Crippen LogP contribution in [0, 0.1) is 0 Å². The second-order valence-corrected chi connectivity index (χ2v) is 4.27. The van der Waals surface area contributed by atoms with Gasteiger partial charge in [-0.1, -0.05) is 23.7 Å². The first-order valence-electron chi connectivity index (χ1n) is 5.39. The molecule has 0 N–H and O–H groups in total. The maximum Gasteiger partial charge on any atom is 0.335 e. The molecule has 0 atom stereocenters. The maximum atomic E-state index is 12.6. The van der Waals surface area contributed by atoms with E-state index in [1.165, 1.54) is 12.4 Å². The zero-order chi connectivity index (χ0) is 13.4. The van der Waals surface area contributed by atoms with Gasteiger partial charge < -0.3 is 0 Å². The minimum absolute atomic E-state index is 0.0627. The van der Waals surface area contributed by atoms with Crippen molar-refractivity contribution in [3.63, 3.8) is 0 Å². The van der Waals surface area contributed by atoms with Crippen LogP contribution in [0.4, 0.5) is 8.78 Å². The van der Waals surface area contributed by atoms with E-state index in [0.717, 1.165) is 5.56 Å². The molecule has 0 unspecified atom stereocenters. The van der Waals surface area contributed by atoms with Gasteiger partial charge in [-0.25, -0.2) is 9.97 Å². The van der Waals surface area contributed by atoms with Crippen molar-refractivity contribution in [1.82, 2.24) is 19.7 Å². The van der Waals surface area contributed by atoms with E-state index in [-0.39, 0.29) is 5.65 Å². The summed E-state index contributed by atoms with van der Waals surface area (Å²) in [7, 11) is 0. The third-order valence-electron chi connectivity index (χ3n) is 2.63. The zero-order valence-corrected chi connectivity index (χ0v) is 10.2. The molecule has 0 saturated heterocycles. The second kappa shape index (κ2) is 4.55. The van der Waals surface area contributed by atoms with Gasteiger partial charge in [-0.15, -0.1) is 0 Å². The summed E-state index contributed by atoms with van der Waals surface area (Å²) in [6.45, 7) is -2.73. The van der Waals surface area contributed by atoms with Crippen LogP contribution < -0.4 is 0 Å². The molecular weight excluding hydrogens is 274 g/mol. The summed E-state index contributed by atoms with van der Waals surface area (Å²) in [4.78, 5) is 8.24. The summed E-state index contributed by atoms with van der Waals surface area (Å²) in [5.74, 6) is 0. The summed E-state index contributed by atoms with van der Waals surface area (Å²) in [6.07, 6.45) is 2.71. The summed E-state index contributed by atoms with van der Waals surface area (Å²) >= 11 is 5.80. The smallest absolute Gasteiger partial charge is 0.241 e. The van der Waals surface area contributed by atoms with Crippen LogP contribution >= 0.6 is 11.6 Å². The molecule has 2 heterocycles. The molecule has 0 aliphatic carbocycles. The number of rotatable bonds is 2. The molecule has 1 aromatic carbocycles. The summed E-state index contributed by atoms with van der Waals surface area (Å²) < 4.78 is 25.8. The van der Waals surface area contributed by atoms with Gasteiger partial charge in [0.1, 0.15) is 5.52 Å². The van der Waals surface area contributed by atoms with Gasteiger partial charge >= 0.3 is 6.55 Å². The first-order chi connectivity index (χ1) is 9.15. The van der Waals surface area contributed by atoms with Gasteiger partial charge in [0.15, 0.2) is 5.65 Å². The predicted octanol–water partition coefficient (Wildman–Crippen LogP) is 3.54. The van der Waals surface area contributed by atoms with Crippen molar-refractivity contribution in [3.8, 4) is 11.3 Å². The molecule has 0 spiro atoms. The molecule has 0 fully saturated rings. The molecule has 0 amide bonds. The monoisotopic (exact) mass is 280 g/mol. The summed E-state index contributed by atoms with van der Waals surface area (Å²) in [5, 5.41) is 4.18. The van der Waals surface area contributed by atoms with Crippen molar-refractivity contribution in [2.75, 3.05) is 0 Å². The second-order valence-electron chi connectivity index (χ2n) is 3.84. The van der Waals surface area contributed by atoms with Crippen molar-refractivity contribution in [2.45, 2.75) is 6.55 Å². The number of alkyl halides is 2. The number of hydrogen-bond donors (Lipinski definition) is 0. The lowest BCUT2D eigenvalue weighted by atomic mass is 10.2. The quantitative estimate of drug-likeness (QED) is 0.721. The minimum atomic E-state index is -2.73. The third kappa shape index (κ3) is 2.15. The largest absolute Gasteiger partial charge is 0.335 e. The van der Waals surface area contributed by atoms with E-state index in [2.05, 4.69) is 15.1 Å². The van der Waals surface area contributed by atoms with Crippen LogP contribution in [0.2, 0.25) is 5.02 Å². The molecule has 0 saturated carbocycles. The first-order valence-corrected chi connectivity index (χ1v) is 5.77. The van der Waals surface area contributed by atoms with Crippen LogP contribution in [-0.2, 0) is 0 Å². The number of halogens is 3. The van der Waals surface area contributed by atoms with E-state index in [0.29, 0.717) is 20.9 Å². The molecule has 7 heteroatoms. The lowest BCUT2D eigenvalue weighted by molar-refractivity contribution is 0.0608. The fraction of sp³-hybridized carbons (Fsp3) is 0.0833. The highest BCUT2D eigenvalue weighted by Crippen LogP contribution is 2.22. The van der Waals surface area contributed by atoms with Gasteiger partial charge in [0, 0.05) is 10.6 Å². The van der Waals surface area contributed by atoms with Gasteiger partial charge in [0.2, 0.25) is 0 Å². The Labute approximate surface area is 111 Å². The highest BCUT2D eigenvalue weighted by molar-refractivity contribution is 6.30. The van der Waals surface area contributed by atoms with Gasteiger partial charge in [-0.05, 0) is 12.1 Å². The molecule has 0 aliphatic heterocycles. The normalized spacial score (nSPS) is 11.4. The zero-order valence-electron chi connectivity index (χ0n) is 9.46. The van der Waals surface area contributed by atoms with E-state index >= 15 is 0 Å². The van der Waals surface area contributed by atoms with E-state index in [1.54, 1.807) is 24.3 Å².